The Kier molecular flexibility index (Phi) is 9.62. The van der Waals surface area contributed by atoms with Gasteiger partial charge in [0.15, 0.2) is 0 Å². The van der Waals surface area contributed by atoms with E-state index < -0.39 is 0 Å². The van der Waals surface area contributed by atoms with Crippen LogP contribution in [0.4, 0.5) is 5.69 Å². The first kappa shape index (κ1) is 14.7. The largest absolute Gasteiger partial charge is 1.00 e. The van der Waals surface area contributed by atoms with Gasteiger partial charge in [0, 0.05) is 0 Å². The summed E-state index contributed by atoms with van der Waals surface area (Å²) in [6.45, 7) is 5.73. The Morgan fingerprint density at radius 2 is 1.67 bits per heavy atom. The van der Waals surface area contributed by atoms with Crippen LogP contribution < -0.4 is 37.7 Å². The Balaban J connectivity index is 0. The van der Waals surface area contributed by atoms with E-state index in [2.05, 4.69) is 12.2 Å². The Bertz CT molecular complexity index is 187. The standard InChI is InChI=1S/C9H11N.2Li/c1-8(2)10-9-6-4-3-5-7-9;;/h3-8H,1H2,2H3;;/q-2;2*+1. The van der Waals surface area contributed by atoms with Gasteiger partial charge in [-0.1, -0.05) is 30.3 Å². The van der Waals surface area contributed by atoms with Crippen molar-refractivity contribution < 1.29 is 37.7 Å². The van der Waals surface area contributed by atoms with Crippen molar-refractivity contribution in [1.29, 1.82) is 0 Å². The molecule has 0 aliphatic heterocycles. The van der Waals surface area contributed by atoms with Crippen molar-refractivity contribution in [3.05, 3.63) is 42.6 Å². The third-order valence-electron chi connectivity index (χ3n) is 1.13. The minimum atomic E-state index is 0. The predicted octanol–water partition coefficient (Wildman–Crippen LogP) is -3.08. The molecule has 0 N–H and O–H groups in total. The average Bonchev–Trinajstić information content (AvgIpc) is 1.88. The van der Waals surface area contributed by atoms with Gasteiger partial charge in [0.05, 0.1) is 0 Å². The number of para-hydroxylation sites is 1. The van der Waals surface area contributed by atoms with Crippen LogP contribution in [0.25, 0.3) is 5.32 Å². The van der Waals surface area contributed by atoms with E-state index in [1.807, 2.05) is 37.3 Å². The van der Waals surface area contributed by atoms with Crippen LogP contribution in [0.5, 0.6) is 0 Å². The van der Waals surface area contributed by atoms with Gasteiger partial charge in [-0.15, -0.1) is 12.6 Å². The van der Waals surface area contributed by atoms with E-state index >= 15 is 0 Å². The van der Waals surface area contributed by atoms with Gasteiger partial charge in [-0.2, -0.15) is 0 Å². The molecule has 1 aromatic rings. The normalized spacial score (nSPS) is 10.5. The fraction of sp³-hybridized carbons (Fsp3) is 0.222. The van der Waals surface area contributed by atoms with Gasteiger partial charge in [-0.3, -0.25) is 6.04 Å². The van der Waals surface area contributed by atoms with Crippen molar-refractivity contribution in [2.45, 2.75) is 13.0 Å². The van der Waals surface area contributed by atoms with Crippen LogP contribution in [0.3, 0.4) is 0 Å². The van der Waals surface area contributed by atoms with E-state index in [9.17, 15) is 0 Å². The Hall–Kier alpha value is 0.215. The van der Waals surface area contributed by atoms with E-state index in [0.29, 0.717) is 0 Å². The molecule has 0 aliphatic carbocycles. The van der Waals surface area contributed by atoms with Crippen LogP contribution in [0.2, 0.25) is 0 Å². The van der Waals surface area contributed by atoms with E-state index in [-0.39, 0.29) is 43.8 Å². The second kappa shape index (κ2) is 7.84. The summed E-state index contributed by atoms with van der Waals surface area (Å²) in [6, 6.07) is 10.0. The van der Waals surface area contributed by atoms with Gasteiger partial charge >= 0.3 is 37.7 Å². The fourth-order valence-electron chi connectivity index (χ4n) is 0.769. The van der Waals surface area contributed by atoms with Gasteiger partial charge in [0.1, 0.15) is 0 Å². The van der Waals surface area contributed by atoms with Gasteiger partial charge in [0.2, 0.25) is 0 Å². The molecule has 1 nitrogen and oxygen atoms in total. The quantitative estimate of drug-likeness (QED) is 0.311. The van der Waals surface area contributed by atoms with Crippen LogP contribution in [-0.4, -0.2) is 6.04 Å². The minimum absolute atomic E-state index is 0. The van der Waals surface area contributed by atoms with Crippen molar-refractivity contribution >= 4 is 5.69 Å². The average molecular weight is 147 g/mol. The van der Waals surface area contributed by atoms with E-state index in [1.165, 1.54) is 0 Å². The molecule has 0 spiro atoms. The summed E-state index contributed by atoms with van der Waals surface area (Å²) in [5.74, 6) is 0. The summed E-state index contributed by atoms with van der Waals surface area (Å²) < 4.78 is 0. The number of benzene rings is 1. The van der Waals surface area contributed by atoms with Crippen molar-refractivity contribution in [3.8, 4) is 0 Å². The topological polar surface area (TPSA) is 14.1 Å². The number of hydrogen-bond donors (Lipinski definition) is 0. The van der Waals surface area contributed by atoms with E-state index in [0.717, 1.165) is 5.69 Å². The van der Waals surface area contributed by atoms with Crippen molar-refractivity contribution in [2.24, 2.45) is 0 Å². The first-order valence-corrected chi connectivity index (χ1v) is 3.38. The molecule has 54 valence electrons. The maximum Gasteiger partial charge on any atom is 1.00 e. The van der Waals surface area contributed by atoms with E-state index in [1.54, 1.807) is 0 Å². The van der Waals surface area contributed by atoms with E-state index in [4.69, 9.17) is 0 Å². The van der Waals surface area contributed by atoms with Gasteiger partial charge < -0.3 is 12.2 Å². The van der Waals surface area contributed by atoms with Crippen LogP contribution in [0.15, 0.2) is 30.3 Å². The van der Waals surface area contributed by atoms with Gasteiger partial charge in [0.25, 0.3) is 0 Å². The molecule has 0 heterocycles. The smallest absolute Gasteiger partial charge is 0.707 e. The predicted molar refractivity (Wildman–Crippen MR) is 44.3 cm³/mol. The first-order valence-electron chi connectivity index (χ1n) is 3.38. The maximum absolute atomic E-state index is 4.25. The fourth-order valence-corrected chi connectivity index (χ4v) is 0.769. The van der Waals surface area contributed by atoms with Crippen LogP contribution in [0.1, 0.15) is 6.92 Å². The summed E-state index contributed by atoms with van der Waals surface area (Å²) in [4.78, 5) is 0. The molecule has 1 rings (SSSR count). The summed E-state index contributed by atoms with van der Waals surface area (Å²) >= 11 is 0. The molecule has 0 aliphatic rings. The molecule has 1 unspecified atom stereocenters. The SMILES string of the molecule is [CH2-]C(C)[N-]c1ccccc1.[Li+].[Li+]. The molecule has 1 atom stereocenters. The molecule has 0 fully saturated rings. The molecular formula is C9H11Li2N. The summed E-state index contributed by atoms with van der Waals surface area (Å²) in [5.41, 5.74) is 1.00. The molecule has 0 aromatic heterocycles. The zero-order valence-electron chi connectivity index (χ0n) is 8.12. The van der Waals surface area contributed by atoms with Crippen molar-refractivity contribution in [3.63, 3.8) is 0 Å². The zero-order valence-corrected chi connectivity index (χ0v) is 8.12. The molecule has 12 heavy (non-hydrogen) atoms. The molecule has 0 saturated carbocycles. The number of rotatable bonds is 2. The Morgan fingerprint density at radius 1 is 1.17 bits per heavy atom. The zero-order chi connectivity index (χ0) is 7.40. The Labute approximate surface area is 98.7 Å². The number of hydrogen-bond acceptors (Lipinski definition) is 0. The monoisotopic (exact) mass is 147 g/mol. The molecule has 0 saturated heterocycles. The minimum Gasteiger partial charge on any atom is -0.707 e. The van der Waals surface area contributed by atoms with Crippen LogP contribution in [0, 0.1) is 6.92 Å². The second-order valence-corrected chi connectivity index (χ2v) is 2.31. The van der Waals surface area contributed by atoms with Crippen LogP contribution >= 0.6 is 0 Å². The maximum atomic E-state index is 4.25. The molecule has 3 heteroatoms. The summed E-state index contributed by atoms with van der Waals surface area (Å²) in [7, 11) is 0. The summed E-state index contributed by atoms with van der Waals surface area (Å²) in [5, 5.41) is 4.25. The molecular weight excluding hydrogens is 136 g/mol. The molecule has 1 aromatic carbocycles. The van der Waals surface area contributed by atoms with Gasteiger partial charge in [-0.25, -0.2) is 0 Å². The van der Waals surface area contributed by atoms with Crippen LogP contribution in [-0.2, 0) is 0 Å². The van der Waals surface area contributed by atoms with Gasteiger partial charge in [-0.05, 0) is 0 Å². The molecule has 0 amide bonds. The van der Waals surface area contributed by atoms with Crippen molar-refractivity contribution in [2.75, 3.05) is 0 Å². The molecule has 0 radical (unpaired) electrons. The molecule has 0 bridgehead atoms. The third kappa shape index (κ3) is 5.81. The third-order valence-corrected chi connectivity index (χ3v) is 1.13. The second-order valence-electron chi connectivity index (χ2n) is 2.31. The Morgan fingerprint density at radius 3 is 2.08 bits per heavy atom. The van der Waals surface area contributed by atoms with Crippen molar-refractivity contribution in [1.82, 2.24) is 0 Å². The summed E-state index contributed by atoms with van der Waals surface area (Å²) in [6.07, 6.45) is 0. The first-order chi connectivity index (χ1) is 4.79. The number of nitrogens with zero attached hydrogens (tertiary/aromatic N) is 1.